The Balaban J connectivity index is 1.74. The maximum atomic E-state index is 5.86. The number of ether oxygens (including phenoxy) is 2. The molecular formula is C16H24ClNO2. The van der Waals surface area contributed by atoms with Crippen LogP contribution in [0, 0.1) is 0 Å². The summed E-state index contributed by atoms with van der Waals surface area (Å²) in [5, 5.41) is 4.22. The Labute approximate surface area is 126 Å². The molecule has 4 heteroatoms. The van der Waals surface area contributed by atoms with Crippen molar-refractivity contribution in [2.45, 2.75) is 44.8 Å². The molecular weight excluding hydrogens is 274 g/mol. The lowest BCUT2D eigenvalue weighted by atomic mass is 10.1. The SMILES string of the molecule is CCNC(CCC1CCCO1)COc1ccc(Cl)cc1. The van der Waals surface area contributed by atoms with Gasteiger partial charge in [-0.2, -0.15) is 0 Å². The van der Waals surface area contributed by atoms with Crippen LogP contribution in [0.4, 0.5) is 0 Å². The number of nitrogens with one attached hydrogen (secondary N) is 1. The van der Waals surface area contributed by atoms with E-state index in [1.807, 2.05) is 24.3 Å². The number of likely N-dealkylation sites (N-methyl/N-ethyl adjacent to an activating group) is 1. The zero-order valence-electron chi connectivity index (χ0n) is 12.1. The molecule has 1 fully saturated rings. The Hall–Kier alpha value is -0.770. The molecule has 0 radical (unpaired) electrons. The molecule has 1 aromatic carbocycles. The molecule has 1 heterocycles. The van der Waals surface area contributed by atoms with Crippen LogP contribution >= 0.6 is 11.6 Å². The second-order valence-corrected chi connectivity index (χ2v) is 5.67. The van der Waals surface area contributed by atoms with E-state index in [-0.39, 0.29) is 0 Å². The first-order chi connectivity index (χ1) is 9.78. The van der Waals surface area contributed by atoms with Crippen molar-refractivity contribution in [3.8, 4) is 5.75 Å². The summed E-state index contributed by atoms with van der Waals surface area (Å²) in [5.41, 5.74) is 0. The fraction of sp³-hybridized carbons (Fsp3) is 0.625. The van der Waals surface area contributed by atoms with Crippen LogP contribution in [0.15, 0.2) is 24.3 Å². The molecule has 1 aliphatic heterocycles. The van der Waals surface area contributed by atoms with Crippen LogP contribution in [0.25, 0.3) is 0 Å². The van der Waals surface area contributed by atoms with E-state index < -0.39 is 0 Å². The summed E-state index contributed by atoms with van der Waals surface area (Å²) in [6.07, 6.45) is 5.06. The minimum Gasteiger partial charge on any atom is -0.492 e. The summed E-state index contributed by atoms with van der Waals surface area (Å²) < 4.78 is 11.5. The van der Waals surface area contributed by atoms with Gasteiger partial charge < -0.3 is 14.8 Å². The molecule has 2 unspecified atom stereocenters. The highest BCUT2D eigenvalue weighted by atomic mass is 35.5. The highest BCUT2D eigenvalue weighted by molar-refractivity contribution is 6.30. The third kappa shape index (κ3) is 5.31. The molecule has 1 N–H and O–H groups in total. The molecule has 0 aromatic heterocycles. The average molecular weight is 298 g/mol. The Morgan fingerprint density at radius 1 is 1.40 bits per heavy atom. The first-order valence-corrected chi connectivity index (χ1v) is 7.89. The van der Waals surface area contributed by atoms with Crippen LogP contribution in [0.1, 0.15) is 32.6 Å². The summed E-state index contributed by atoms with van der Waals surface area (Å²) in [6.45, 7) is 4.70. The molecule has 0 amide bonds. The summed E-state index contributed by atoms with van der Waals surface area (Å²) in [5.74, 6) is 0.870. The van der Waals surface area contributed by atoms with Gasteiger partial charge in [-0.25, -0.2) is 0 Å². The monoisotopic (exact) mass is 297 g/mol. The molecule has 0 aliphatic carbocycles. The van der Waals surface area contributed by atoms with Crippen molar-refractivity contribution in [1.82, 2.24) is 5.32 Å². The highest BCUT2D eigenvalue weighted by Gasteiger charge is 2.18. The molecule has 0 spiro atoms. The van der Waals surface area contributed by atoms with E-state index in [1.54, 1.807) is 0 Å². The Bertz CT molecular complexity index is 377. The van der Waals surface area contributed by atoms with Gasteiger partial charge in [-0.15, -0.1) is 0 Å². The van der Waals surface area contributed by atoms with Crippen LogP contribution in [0.2, 0.25) is 5.02 Å². The fourth-order valence-electron chi connectivity index (χ4n) is 2.52. The van der Waals surface area contributed by atoms with E-state index in [0.29, 0.717) is 18.8 Å². The van der Waals surface area contributed by atoms with Gasteiger partial charge in [0, 0.05) is 17.7 Å². The van der Waals surface area contributed by atoms with Crippen LogP contribution in [0.3, 0.4) is 0 Å². The number of rotatable bonds is 8. The normalized spacial score (nSPS) is 20.0. The molecule has 2 atom stereocenters. The number of benzene rings is 1. The van der Waals surface area contributed by atoms with Gasteiger partial charge in [0.25, 0.3) is 0 Å². The lowest BCUT2D eigenvalue weighted by molar-refractivity contribution is 0.0972. The maximum absolute atomic E-state index is 5.86. The summed E-state index contributed by atoms with van der Waals surface area (Å²) >= 11 is 5.86. The second kappa shape index (κ2) is 8.50. The average Bonchev–Trinajstić information content (AvgIpc) is 2.97. The zero-order chi connectivity index (χ0) is 14.2. The van der Waals surface area contributed by atoms with Crippen molar-refractivity contribution in [3.05, 3.63) is 29.3 Å². The van der Waals surface area contributed by atoms with Gasteiger partial charge in [0.2, 0.25) is 0 Å². The van der Waals surface area contributed by atoms with Crippen molar-refractivity contribution >= 4 is 11.6 Å². The van der Waals surface area contributed by atoms with Crippen molar-refractivity contribution in [3.63, 3.8) is 0 Å². The zero-order valence-corrected chi connectivity index (χ0v) is 12.9. The molecule has 0 bridgehead atoms. The molecule has 2 rings (SSSR count). The second-order valence-electron chi connectivity index (χ2n) is 5.23. The Morgan fingerprint density at radius 3 is 2.85 bits per heavy atom. The Morgan fingerprint density at radius 2 is 2.20 bits per heavy atom. The van der Waals surface area contributed by atoms with Gasteiger partial charge >= 0.3 is 0 Å². The van der Waals surface area contributed by atoms with Crippen molar-refractivity contribution in [2.24, 2.45) is 0 Å². The van der Waals surface area contributed by atoms with E-state index >= 15 is 0 Å². The van der Waals surface area contributed by atoms with Crippen molar-refractivity contribution < 1.29 is 9.47 Å². The van der Waals surface area contributed by atoms with Gasteiger partial charge in [0.05, 0.1) is 6.10 Å². The lowest BCUT2D eigenvalue weighted by Crippen LogP contribution is -2.35. The summed E-state index contributed by atoms with van der Waals surface area (Å²) in [6, 6.07) is 7.90. The van der Waals surface area contributed by atoms with Crippen molar-refractivity contribution in [1.29, 1.82) is 0 Å². The van der Waals surface area contributed by atoms with Crippen LogP contribution in [-0.2, 0) is 4.74 Å². The summed E-state index contributed by atoms with van der Waals surface area (Å²) in [7, 11) is 0. The minimum atomic E-state index is 0.375. The molecule has 1 aromatic rings. The number of hydrogen-bond donors (Lipinski definition) is 1. The van der Waals surface area contributed by atoms with E-state index in [9.17, 15) is 0 Å². The van der Waals surface area contributed by atoms with Crippen molar-refractivity contribution in [2.75, 3.05) is 19.8 Å². The fourth-order valence-corrected chi connectivity index (χ4v) is 2.65. The molecule has 20 heavy (non-hydrogen) atoms. The summed E-state index contributed by atoms with van der Waals surface area (Å²) in [4.78, 5) is 0. The Kier molecular flexibility index (Phi) is 6.64. The van der Waals surface area contributed by atoms with E-state index in [2.05, 4.69) is 12.2 Å². The molecule has 0 saturated carbocycles. The van der Waals surface area contributed by atoms with Crippen LogP contribution in [-0.4, -0.2) is 31.9 Å². The largest absolute Gasteiger partial charge is 0.492 e. The van der Waals surface area contributed by atoms with Crippen LogP contribution in [0.5, 0.6) is 5.75 Å². The number of hydrogen-bond acceptors (Lipinski definition) is 3. The topological polar surface area (TPSA) is 30.5 Å². The smallest absolute Gasteiger partial charge is 0.119 e. The third-order valence-electron chi connectivity index (χ3n) is 3.62. The number of halogens is 1. The molecule has 1 saturated heterocycles. The van der Waals surface area contributed by atoms with E-state index in [4.69, 9.17) is 21.1 Å². The lowest BCUT2D eigenvalue weighted by Gasteiger charge is -2.20. The predicted octanol–water partition coefficient (Wildman–Crippen LogP) is 3.66. The molecule has 1 aliphatic rings. The van der Waals surface area contributed by atoms with E-state index in [1.165, 1.54) is 12.8 Å². The maximum Gasteiger partial charge on any atom is 0.119 e. The third-order valence-corrected chi connectivity index (χ3v) is 3.87. The highest BCUT2D eigenvalue weighted by Crippen LogP contribution is 2.19. The first kappa shape index (κ1) is 15.6. The minimum absolute atomic E-state index is 0.375. The predicted molar refractivity (Wildman–Crippen MR) is 82.6 cm³/mol. The standard InChI is InChI=1S/C16H24ClNO2/c1-2-18-14(7-10-15-4-3-11-19-15)12-20-16-8-5-13(17)6-9-16/h5-6,8-9,14-15,18H,2-4,7,10-12H2,1H3. The first-order valence-electron chi connectivity index (χ1n) is 7.51. The van der Waals surface area contributed by atoms with Gasteiger partial charge in [-0.05, 0) is 56.5 Å². The van der Waals surface area contributed by atoms with Gasteiger partial charge in [0.15, 0.2) is 0 Å². The van der Waals surface area contributed by atoms with Gasteiger partial charge in [0.1, 0.15) is 12.4 Å². The quantitative estimate of drug-likeness (QED) is 0.794. The molecule has 3 nitrogen and oxygen atoms in total. The van der Waals surface area contributed by atoms with Gasteiger partial charge in [-0.3, -0.25) is 0 Å². The van der Waals surface area contributed by atoms with E-state index in [0.717, 1.165) is 36.8 Å². The van der Waals surface area contributed by atoms with Gasteiger partial charge in [-0.1, -0.05) is 18.5 Å². The van der Waals surface area contributed by atoms with Crippen LogP contribution < -0.4 is 10.1 Å². The molecule has 112 valence electrons.